The molecule has 0 saturated heterocycles. The first kappa shape index (κ1) is 13.4. The lowest BCUT2D eigenvalue weighted by Crippen LogP contribution is -2.19. The molecule has 0 saturated carbocycles. The van der Waals surface area contributed by atoms with Gasteiger partial charge in [0.05, 0.1) is 0 Å². The largest absolute Gasteiger partial charge is 0.386 e. The second-order valence-electron chi connectivity index (χ2n) is 5.83. The lowest BCUT2D eigenvalue weighted by Gasteiger charge is -2.23. The molecule has 3 heteroatoms. The van der Waals surface area contributed by atoms with E-state index in [9.17, 15) is 14.6 Å². The van der Waals surface area contributed by atoms with Crippen LogP contribution in [0.5, 0.6) is 0 Å². The first-order chi connectivity index (χ1) is 10.6. The predicted octanol–water partition coefficient (Wildman–Crippen LogP) is 3.86. The first-order valence-electron chi connectivity index (χ1n) is 7.26. The lowest BCUT2D eigenvalue weighted by molar-refractivity contribution is 0.0471. The molecule has 0 unspecified atom stereocenters. The van der Waals surface area contributed by atoms with Crippen LogP contribution < -0.4 is 0 Å². The van der Waals surface area contributed by atoms with E-state index in [0.717, 1.165) is 38.2 Å². The van der Waals surface area contributed by atoms with E-state index in [4.69, 9.17) is 0 Å². The highest BCUT2D eigenvalue weighted by molar-refractivity contribution is 6.05. The van der Waals surface area contributed by atoms with Crippen molar-refractivity contribution in [3.05, 3.63) is 65.0 Å². The minimum Gasteiger partial charge on any atom is -0.386 e. The van der Waals surface area contributed by atoms with Crippen LogP contribution in [0.3, 0.4) is 0 Å². The first-order valence-corrected chi connectivity index (χ1v) is 7.26. The average molecular weight is 294 g/mol. The monoisotopic (exact) mass is 294 g/mol. The minimum absolute atomic E-state index is 0.244. The summed E-state index contributed by atoms with van der Waals surface area (Å²) >= 11 is 0. The standard InChI is InChI=1S/C19H15FO2/c1-10-13-4-5-15-14(6-7-18(21)19(15)22)17(13)8-11-2-3-12(20)9-16(10)11/h2-9,18-19,21-22H,1H3/t18-,19-/m0/s1. The number of hydrogen-bond acceptors (Lipinski definition) is 2. The van der Waals surface area contributed by atoms with Gasteiger partial charge in [-0.15, -0.1) is 0 Å². The molecule has 0 bridgehead atoms. The molecule has 0 heterocycles. The van der Waals surface area contributed by atoms with Crippen LogP contribution in [0.15, 0.2) is 42.5 Å². The van der Waals surface area contributed by atoms with Crippen molar-refractivity contribution < 1.29 is 14.6 Å². The van der Waals surface area contributed by atoms with Crippen molar-refractivity contribution in [1.82, 2.24) is 0 Å². The fourth-order valence-corrected chi connectivity index (χ4v) is 3.34. The molecule has 0 aliphatic heterocycles. The van der Waals surface area contributed by atoms with Crippen LogP contribution in [0.1, 0.15) is 22.8 Å². The zero-order valence-electron chi connectivity index (χ0n) is 12.0. The second kappa shape index (κ2) is 4.63. The number of fused-ring (bicyclic) bond motifs is 4. The van der Waals surface area contributed by atoms with Crippen molar-refractivity contribution in [2.45, 2.75) is 19.1 Å². The second-order valence-corrected chi connectivity index (χ2v) is 5.83. The molecule has 3 aromatic rings. The van der Waals surface area contributed by atoms with Crippen molar-refractivity contribution in [1.29, 1.82) is 0 Å². The van der Waals surface area contributed by atoms with Crippen molar-refractivity contribution in [2.75, 3.05) is 0 Å². The zero-order chi connectivity index (χ0) is 15.4. The Bertz CT molecular complexity index is 943. The van der Waals surface area contributed by atoms with Gasteiger partial charge >= 0.3 is 0 Å². The molecule has 2 N–H and O–H groups in total. The van der Waals surface area contributed by atoms with E-state index >= 15 is 0 Å². The number of rotatable bonds is 0. The smallest absolute Gasteiger partial charge is 0.123 e. The van der Waals surface area contributed by atoms with Gasteiger partial charge in [-0.1, -0.05) is 30.4 Å². The van der Waals surface area contributed by atoms with E-state index in [-0.39, 0.29) is 5.82 Å². The third-order valence-electron chi connectivity index (χ3n) is 4.55. The molecule has 2 nitrogen and oxygen atoms in total. The van der Waals surface area contributed by atoms with Gasteiger partial charge in [-0.2, -0.15) is 0 Å². The Morgan fingerprint density at radius 3 is 2.59 bits per heavy atom. The topological polar surface area (TPSA) is 40.5 Å². The molecule has 0 radical (unpaired) electrons. The van der Waals surface area contributed by atoms with Gasteiger partial charge in [0.15, 0.2) is 0 Å². The molecule has 4 rings (SSSR count). The Labute approximate surface area is 127 Å². The Morgan fingerprint density at radius 1 is 0.955 bits per heavy atom. The Hall–Kier alpha value is -2.23. The average Bonchev–Trinajstić information content (AvgIpc) is 2.51. The summed E-state index contributed by atoms with van der Waals surface area (Å²) < 4.78 is 13.5. The van der Waals surface area contributed by atoms with E-state index in [2.05, 4.69) is 0 Å². The number of aliphatic hydroxyl groups is 2. The molecular weight excluding hydrogens is 279 g/mol. The minimum atomic E-state index is -0.909. The van der Waals surface area contributed by atoms with Crippen LogP contribution >= 0.6 is 0 Å². The van der Waals surface area contributed by atoms with E-state index in [1.165, 1.54) is 6.07 Å². The fourth-order valence-electron chi connectivity index (χ4n) is 3.34. The molecule has 110 valence electrons. The van der Waals surface area contributed by atoms with Crippen LogP contribution in [0.4, 0.5) is 4.39 Å². The third kappa shape index (κ3) is 1.79. The van der Waals surface area contributed by atoms with E-state index < -0.39 is 12.2 Å². The van der Waals surface area contributed by atoms with Crippen LogP contribution in [-0.4, -0.2) is 16.3 Å². The number of aryl methyl sites for hydroxylation is 1. The summed E-state index contributed by atoms with van der Waals surface area (Å²) in [5, 5.41) is 23.8. The van der Waals surface area contributed by atoms with Gasteiger partial charge in [0.25, 0.3) is 0 Å². The molecule has 0 fully saturated rings. The van der Waals surface area contributed by atoms with Gasteiger partial charge in [-0.3, -0.25) is 0 Å². The quantitative estimate of drug-likeness (QED) is 0.618. The van der Waals surface area contributed by atoms with Crippen LogP contribution in [0.25, 0.3) is 27.6 Å². The predicted molar refractivity (Wildman–Crippen MR) is 86.1 cm³/mol. The van der Waals surface area contributed by atoms with Crippen LogP contribution in [0, 0.1) is 12.7 Å². The third-order valence-corrected chi connectivity index (χ3v) is 4.55. The highest BCUT2D eigenvalue weighted by Gasteiger charge is 2.24. The molecule has 0 aromatic heterocycles. The van der Waals surface area contributed by atoms with Crippen molar-refractivity contribution in [3.8, 4) is 0 Å². The molecule has 22 heavy (non-hydrogen) atoms. The molecule has 0 amide bonds. The van der Waals surface area contributed by atoms with Gasteiger partial charge in [0.1, 0.15) is 18.0 Å². The molecule has 1 aliphatic carbocycles. The lowest BCUT2D eigenvalue weighted by atomic mass is 9.86. The van der Waals surface area contributed by atoms with Crippen molar-refractivity contribution in [2.24, 2.45) is 0 Å². The summed E-state index contributed by atoms with van der Waals surface area (Å²) in [6, 6.07) is 10.6. The summed E-state index contributed by atoms with van der Waals surface area (Å²) in [5.74, 6) is -0.244. The van der Waals surface area contributed by atoms with Gasteiger partial charge < -0.3 is 10.2 Å². The maximum Gasteiger partial charge on any atom is 0.123 e. The Balaban J connectivity index is 2.13. The van der Waals surface area contributed by atoms with E-state index in [0.29, 0.717) is 0 Å². The fraction of sp³-hybridized carbons (Fsp3) is 0.158. The molecule has 3 aromatic carbocycles. The normalized spacial score (nSPS) is 20.5. The van der Waals surface area contributed by atoms with Crippen LogP contribution in [0.2, 0.25) is 0 Å². The van der Waals surface area contributed by atoms with E-state index in [1.54, 1.807) is 18.2 Å². The summed E-state index contributed by atoms with van der Waals surface area (Å²) in [6.07, 6.45) is 1.68. The van der Waals surface area contributed by atoms with Gasteiger partial charge in [-0.05, 0) is 63.4 Å². The SMILES string of the molecule is Cc1c2cc(F)ccc2cc2c3c(ccc12)[C@H](O)[C@@H](O)C=C3. The highest BCUT2D eigenvalue weighted by atomic mass is 19.1. The molecule has 0 spiro atoms. The Morgan fingerprint density at radius 2 is 1.77 bits per heavy atom. The Kier molecular flexibility index (Phi) is 2.83. The summed E-state index contributed by atoms with van der Waals surface area (Å²) in [5.41, 5.74) is 2.66. The van der Waals surface area contributed by atoms with Gasteiger partial charge in [0, 0.05) is 0 Å². The van der Waals surface area contributed by atoms with Crippen molar-refractivity contribution in [3.63, 3.8) is 0 Å². The summed E-state index contributed by atoms with van der Waals surface area (Å²) in [6.45, 7) is 1.98. The van der Waals surface area contributed by atoms with Gasteiger partial charge in [-0.25, -0.2) is 4.39 Å². The molecule has 2 atom stereocenters. The summed E-state index contributed by atoms with van der Waals surface area (Å²) in [4.78, 5) is 0. The number of halogens is 1. The maximum atomic E-state index is 13.5. The van der Waals surface area contributed by atoms with E-state index in [1.807, 2.05) is 31.2 Å². The maximum absolute atomic E-state index is 13.5. The van der Waals surface area contributed by atoms with Crippen LogP contribution in [-0.2, 0) is 0 Å². The molecular formula is C19H15FO2. The zero-order valence-corrected chi connectivity index (χ0v) is 12.0. The summed E-state index contributed by atoms with van der Waals surface area (Å²) in [7, 11) is 0. The number of aliphatic hydroxyl groups excluding tert-OH is 2. The van der Waals surface area contributed by atoms with Gasteiger partial charge in [0.2, 0.25) is 0 Å². The molecule has 1 aliphatic rings. The van der Waals surface area contributed by atoms with Crippen molar-refractivity contribution >= 4 is 27.6 Å². The number of benzene rings is 3. The number of hydrogen-bond donors (Lipinski definition) is 2. The highest BCUT2D eigenvalue weighted by Crippen LogP contribution is 2.37.